The molecule has 3 heteroatoms. The zero-order valence-corrected chi connectivity index (χ0v) is 21.7. The fourth-order valence-corrected chi connectivity index (χ4v) is 11.6. The summed E-state index contributed by atoms with van der Waals surface area (Å²) >= 11 is 0. The second-order valence-electron chi connectivity index (χ2n) is 9.44. The Kier molecular flexibility index (Phi) is 17.5. The molecule has 0 N–H and O–H groups in total. The van der Waals surface area contributed by atoms with E-state index >= 15 is 0 Å². The molecule has 3 unspecified atom stereocenters. The minimum Gasteiger partial charge on any atom is -0.550 e. The first kappa shape index (κ1) is 28.9. The Morgan fingerprint density at radius 2 is 1.14 bits per heavy atom. The van der Waals surface area contributed by atoms with Gasteiger partial charge in [0.1, 0.15) is 0 Å². The number of hydrogen-bond donors (Lipinski definition) is 0. The Hall–Kier alpha value is -0.100. The van der Waals surface area contributed by atoms with Crippen LogP contribution in [0.3, 0.4) is 0 Å². The summed E-state index contributed by atoms with van der Waals surface area (Å²) in [5, 5.41) is 12.2. The summed E-state index contributed by atoms with van der Waals surface area (Å²) in [5.74, 6) is -0.779. The highest BCUT2D eigenvalue weighted by Crippen LogP contribution is 2.68. The molecular formula is C26H53O2P. The van der Waals surface area contributed by atoms with Crippen LogP contribution in [0.2, 0.25) is 0 Å². The number of aliphatic carboxylic acids is 1. The minimum absolute atomic E-state index is 0.258. The summed E-state index contributed by atoms with van der Waals surface area (Å²) in [5.41, 5.74) is 0.624. The molecule has 2 nitrogen and oxygen atoms in total. The SMILES string of the molecule is CCCCCC(C(C)C(CCCC)C(=O)[O-])[P+](CCCC)(CCCC)CCCC. The van der Waals surface area contributed by atoms with E-state index in [1.165, 1.54) is 82.7 Å². The van der Waals surface area contributed by atoms with E-state index in [4.69, 9.17) is 0 Å². The molecule has 29 heavy (non-hydrogen) atoms. The van der Waals surface area contributed by atoms with Crippen molar-refractivity contribution in [1.29, 1.82) is 0 Å². The van der Waals surface area contributed by atoms with Crippen molar-refractivity contribution >= 4 is 13.2 Å². The van der Waals surface area contributed by atoms with Crippen LogP contribution in [0.1, 0.15) is 125 Å². The van der Waals surface area contributed by atoms with Crippen LogP contribution in [0.4, 0.5) is 0 Å². The molecule has 0 aliphatic carbocycles. The fourth-order valence-electron chi connectivity index (χ4n) is 5.18. The molecule has 0 aromatic rings. The summed E-state index contributed by atoms with van der Waals surface area (Å²) in [6.45, 7) is 13.7. The highest BCUT2D eigenvalue weighted by Gasteiger charge is 2.47. The number of carboxylic acids is 1. The molecule has 0 heterocycles. The van der Waals surface area contributed by atoms with Gasteiger partial charge < -0.3 is 9.90 Å². The molecule has 0 rings (SSSR count). The van der Waals surface area contributed by atoms with E-state index in [0.29, 0.717) is 5.66 Å². The Balaban J connectivity index is 5.96. The summed E-state index contributed by atoms with van der Waals surface area (Å²) < 4.78 is 0. The van der Waals surface area contributed by atoms with Crippen LogP contribution in [-0.4, -0.2) is 30.1 Å². The Morgan fingerprint density at radius 1 is 0.690 bits per heavy atom. The number of carbonyl (C=O) groups excluding carboxylic acids is 1. The lowest BCUT2D eigenvalue weighted by molar-refractivity contribution is -0.313. The monoisotopic (exact) mass is 428 g/mol. The number of carbonyl (C=O) groups is 1. The molecule has 0 aliphatic heterocycles. The van der Waals surface area contributed by atoms with E-state index in [-0.39, 0.29) is 11.8 Å². The molecule has 0 fully saturated rings. The predicted molar refractivity (Wildman–Crippen MR) is 131 cm³/mol. The third kappa shape index (κ3) is 10.7. The van der Waals surface area contributed by atoms with Crippen molar-refractivity contribution in [2.45, 2.75) is 131 Å². The lowest BCUT2D eigenvalue weighted by Gasteiger charge is -2.42. The van der Waals surface area contributed by atoms with Crippen LogP contribution >= 0.6 is 7.26 Å². The third-order valence-electron chi connectivity index (χ3n) is 7.09. The van der Waals surface area contributed by atoms with Crippen molar-refractivity contribution in [1.82, 2.24) is 0 Å². The Labute approximate surface area is 184 Å². The quantitative estimate of drug-likeness (QED) is 0.148. The molecule has 0 saturated carbocycles. The summed E-state index contributed by atoms with van der Waals surface area (Å²) in [7, 11) is -1.17. The zero-order chi connectivity index (χ0) is 22.1. The largest absolute Gasteiger partial charge is 0.550 e. The average molecular weight is 429 g/mol. The van der Waals surface area contributed by atoms with E-state index < -0.39 is 13.2 Å². The summed E-state index contributed by atoms with van der Waals surface area (Å²) in [6, 6.07) is 0. The lowest BCUT2D eigenvalue weighted by Crippen LogP contribution is -2.41. The van der Waals surface area contributed by atoms with Gasteiger partial charge in [0.25, 0.3) is 0 Å². The topological polar surface area (TPSA) is 40.1 Å². The molecule has 0 radical (unpaired) electrons. The van der Waals surface area contributed by atoms with Gasteiger partial charge >= 0.3 is 0 Å². The molecule has 3 atom stereocenters. The molecule has 0 aliphatic rings. The molecule has 174 valence electrons. The van der Waals surface area contributed by atoms with Gasteiger partial charge in [-0.05, 0) is 38.5 Å². The Morgan fingerprint density at radius 3 is 1.52 bits per heavy atom. The summed E-state index contributed by atoms with van der Waals surface area (Å²) in [4.78, 5) is 12.2. The minimum atomic E-state index is -1.17. The van der Waals surface area contributed by atoms with Crippen molar-refractivity contribution in [3.63, 3.8) is 0 Å². The van der Waals surface area contributed by atoms with Gasteiger partial charge in [0.05, 0.1) is 24.1 Å². The van der Waals surface area contributed by atoms with E-state index in [1.54, 1.807) is 0 Å². The fraction of sp³-hybridized carbons (Fsp3) is 0.962. The van der Waals surface area contributed by atoms with Crippen molar-refractivity contribution < 1.29 is 9.90 Å². The molecule has 0 saturated heterocycles. The normalized spacial score (nSPS) is 15.2. The summed E-state index contributed by atoms with van der Waals surface area (Å²) in [6.07, 6.45) is 19.8. The number of unbranched alkanes of at least 4 members (excludes halogenated alkanes) is 6. The number of carboxylic acid groups (broad SMARTS) is 1. The standard InChI is InChI=1S/C26H53O2P/c1-7-12-17-19-25(23(6)24(26(27)28)18-13-8-2)29(20-14-9-3,21-15-10-4)22-16-11-5/h23-25H,7-22H2,1-6H3. The lowest BCUT2D eigenvalue weighted by atomic mass is 9.85. The van der Waals surface area contributed by atoms with Gasteiger partial charge in [-0.1, -0.05) is 86.5 Å². The first-order chi connectivity index (χ1) is 13.9. The van der Waals surface area contributed by atoms with Crippen LogP contribution in [0, 0.1) is 11.8 Å². The van der Waals surface area contributed by atoms with Crippen molar-refractivity contribution in [2.24, 2.45) is 11.8 Å². The van der Waals surface area contributed by atoms with E-state index in [2.05, 4.69) is 41.5 Å². The zero-order valence-electron chi connectivity index (χ0n) is 20.8. The van der Waals surface area contributed by atoms with Crippen molar-refractivity contribution in [3.05, 3.63) is 0 Å². The van der Waals surface area contributed by atoms with Gasteiger partial charge in [-0.2, -0.15) is 0 Å². The first-order valence-corrected chi connectivity index (χ1v) is 15.4. The van der Waals surface area contributed by atoms with E-state index in [9.17, 15) is 9.90 Å². The molecule has 0 bridgehead atoms. The first-order valence-electron chi connectivity index (χ1n) is 13.0. The number of hydrogen-bond acceptors (Lipinski definition) is 2. The van der Waals surface area contributed by atoms with Crippen LogP contribution < -0.4 is 5.11 Å². The van der Waals surface area contributed by atoms with Crippen LogP contribution in [0.25, 0.3) is 0 Å². The van der Waals surface area contributed by atoms with E-state index in [0.717, 1.165) is 19.3 Å². The molecule has 0 aromatic carbocycles. The molecule has 0 aromatic heterocycles. The van der Waals surface area contributed by atoms with Gasteiger partial charge in [0.15, 0.2) is 0 Å². The second kappa shape index (κ2) is 17.6. The smallest absolute Gasteiger partial charge is 0.0729 e. The van der Waals surface area contributed by atoms with Gasteiger partial charge in [-0.3, -0.25) is 0 Å². The maximum absolute atomic E-state index is 12.2. The molecular weight excluding hydrogens is 375 g/mol. The average Bonchev–Trinajstić information content (AvgIpc) is 2.71. The van der Waals surface area contributed by atoms with Gasteiger partial charge in [0, 0.05) is 25.1 Å². The van der Waals surface area contributed by atoms with Gasteiger partial charge in [0.2, 0.25) is 0 Å². The highest BCUT2D eigenvalue weighted by molar-refractivity contribution is 7.76. The Bertz CT molecular complexity index is 374. The predicted octanol–water partition coefficient (Wildman–Crippen LogP) is 7.55. The van der Waals surface area contributed by atoms with Gasteiger partial charge in [-0.25, -0.2) is 0 Å². The van der Waals surface area contributed by atoms with Crippen LogP contribution in [-0.2, 0) is 4.79 Å². The van der Waals surface area contributed by atoms with Gasteiger partial charge in [-0.15, -0.1) is 0 Å². The highest BCUT2D eigenvalue weighted by atomic mass is 31.2. The third-order valence-corrected chi connectivity index (χ3v) is 12.8. The van der Waals surface area contributed by atoms with Crippen LogP contribution in [0.15, 0.2) is 0 Å². The van der Waals surface area contributed by atoms with Crippen molar-refractivity contribution in [2.75, 3.05) is 18.5 Å². The molecule has 0 spiro atoms. The number of rotatable bonds is 20. The maximum atomic E-state index is 12.2. The second-order valence-corrected chi connectivity index (χ2v) is 13.9. The van der Waals surface area contributed by atoms with Crippen molar-refractivity contribution in [3.8, 4) is 0 Å². The molecule has 0 amide bonds. The maximum Gasteiger partial charge on any atom is 0.0729 e. The van der Waals surface area contributed by atoms with Crippen LogP contribution in [0.5, 0.6) is 0 Å². The van der Waals surface area contributed by atoms with E-state index in [1.807, 2.05) is 0 Å².